The van der Waals surface area contributed by atoms with Crippen molar-refractivity contribution in [1.82, 2.24) is 0 Å². The third kappa shape index (κ3) is 1.60. The second-order valence-corrected chi connectivity index (χ2v) is 5.01. The van der Waals surface area contributed by atoms with Crippen LogP contribution in [0, 0.1) is 0 Å². The molecule has 0 aliphatic carbocycles. The molecule has 1 heterocycles. The first kappa shape index (κ1) is 10.5. The van der Waals surface area contributed by atoms with Crippen molar-refractivity contribution in [3.8, 4) is 0 Å². The number of benzene rings is 1. The summed E-state index contributed by atoms with van der Waals surface area (Å²) in [5.41, 5.74) is 2.48. The van der Waals surface area contributed by atoms with E-state index in [0.717, 1.165) is 16.8 Å². The molecule has 1 aromatic heterocycles. The lowest BCUT2D eigenvalue weighted by Crippen LogP contribution is -1.88. The van der Waals surface area contributed by atoms with Gasteiger partial charge in [-0.05, 0) is 40.4 Å². The van der Waals surface area contributed by atoms with Gasteiger partial charge in [-0.15, -0.1) is 11.3 Å². The molecular formula is C11H10BrClS. The number of fused-ring (bicyclic) bond motifs is 1. The Morgan fingerprint density at radius 2 is 2.29 bits per heavy atom. The summed E-state index contributed by atoms with van der Waals surface area (Å²) in [7, 11) is 0. The molecule has 2 aromatic rings. The van der Waals surface area contributed by atoms with E-state index in [9.17, 15) is 0 Å². The number of hydrogen-bond acceptors (Lipinski definition) is 1. The van der Waals surface area contributed by atoms with Crippen LogP contribution in [-0.2, 0) is 11.8 Å². The van der Waals surface area contributed by atoms with Crippen LogP contribution in [0.4, 0.5) is 0 Å². The fraction of sp³-hybridized carbons (Fsp3) is 0.273. The van der Waals surface area contributed by atoms with E-state index in [4.69, 9.17) is 11.6 Å². The van der Waals surface area contributed by atoms with Crippen LogP contribution in [0.1, 0.15) is 18.1 Å². The van der Waals surface area contributed by atoms with E-state index in [0.29, 0.717) is 0 Å². The van der Waals surface area contributed by atoms with Gasteiger partial charge in [-0.3, -0.25) is 0 Å². The van der Waals surface area contributed by atoms with Crippen molar-refractivity contribution in [3.05, 3.63) is 33.7 Å². The molecule has 0 fully saturated rings. The van der Waals surface area contributed by atoms with Gasteiger partial charge in [0.05, 0.1) is 0 Å². The highest BCUT2D eigenvalue weighted by atomic mass is 79.9. The highest BCUT2D eigenvalue weighted by Crippen LogP contribution is 2.34. The van der Waals surface area contributed by atoms with E-state index in [1.54, 1.807) is 11.3 Å². The van der Waals surface area contributed by atoms with Crippen LogP contribution in [0.3, 0.4) is 0 Å². The maximum Gasteiger partial charge on any atom is 0.0492 e. The number of halogens is 2. The van der Waals surface area contributed by atoms with E-state index in [-0.39, 0.29) is 0 Å². The van der Waals surface area contributed by atoms with E-state index in [2.05, 4.69) is 40.4 Å². The summed E-state index contributed by atoms with van der Waals surface area (Å²) in [4.78, 5) is 0. The van der Waals surface area contributed by atoms with Crippen LogP contribution >= 0.6 is 38.9 Å². The van der Waals surface area contributed by atoms with E-state index >= 15 is 0 Å². The lowest BCUT2D eigenvalue weighted by Gasteiger charge is -2.07. The lowest BCUT2D eigenvalue weighted by molar-refractivity contribution is 1.16. The maximum atomic E-state index is 6.32. The molecule has 0 N–H and O–H groups in total. The Kier molecular flexibility index (Phi) is 3.15. The molecular weight excluding hydrogens is 280 g/mol. The Morgan fingerprint density at radius 1 is 1.50 bits per heavy atom. The normalized spacial score (nSPS) is 11.1. The van der Waals surface area contributed by atoms with Gasteiger partial charge in [-0.25, -0.2) is 0 Å². The van der Waals surface area contributed by atoms with Crippen molar-refractivity contribution in [3.63, 3.8) is 0 Å². The maximum absolute atomic E-state index is 6.32. The first-order chi connectivity index (χ1) is 6.77. The highest BCUT2D eigenvalue weighted by Gasteiger charge is 2.10. The van der Waals surface area contributed by atoms with Crippen LogP contribution in [0.25, 0.3) is 10.1 Å². The molecule has 0 amide bonds. The molecule has 0 aliphatic rings. The molecule has 0 bridgehead atoms. The molecule has 1 aromatic carbocycles. The topological polar surface area (TPSA) is 0 Å². The molecule has 3 heteroatoms. The molecule has 0 spiro atoms. The van der Waals surface area contributed by atoms with Crippen molar-refractivity contribution in [2.24, 2.45) is 0 Å². The predicted molar refractivity (Wildman–Crippen MR) is 68.8 cm³/mol. The zero-order valence-electron chi connectivity index (χ0n) is 7.81. The van der Waals surface area contributed by atoms with Gasteiger partial charge < -0.3 is 0 Å². The largest absolute Gasteiger partial charge is 0.143 e. The molecule has 74 valence electrons. The van der Waals surface area contributed by atoms with E-state index < -0.39 is 0 Å². The Labute approximate surface area is 101 Å². The summed E-state index contributed by atoms with van der Waals surface area (Å²) in [6, 6.07) is 4.32. The fourth-order valence-corrected chi connectivity index (χ4v) is 3.65. The molecule has 0 saturated heterocycles. The monoisotopic (exact) mass is 288 g/mol. The first-order valence-corrected chi connectivity index (χ1v) is 6.89. The third-order valence-electron chi connectivity index (χ3n) is 2.34. The molecule has 2 rings (SSSR count). The SMILES string of the molecule is CCc1c(Cl)c(CBr)cc2ccsc12. The molecule has 0 saturated carbocycles. The van der Waals surface area contributed by atoms with Gasteiger partial charge in [0, 0.05) is 15.1 Å². The lowest BCUT2D eigenvalue weighted by atomic mass is 10.1. The van der Waals surface area contributed by atoms with Gasteiger partial charge in [-0.1, -0.05) is 34.5 Å². The smallest absolute Gasteiger partial charge is 0.0492 e. The minimum absolute atomic E-state index is 0.824. The molecule has 0 unspecified atom stereocenters. The average molecular weight is 290 g/mol. The van der Waals surface area contributed by atoms with Crippen LogP contribution in [-0.4, -0.2) is 0 Å². The predicted octanol–water partition coefficient (Wildman–Crippen LogP) is 5.01. The van der Waals surface area contributed by atoms with Crippen LogP contribution in [0.5, 0.6) is 0 Å². The summed E-state index contributed by atoms with van der Waals surface area (Å²) >= 11 is 11.6. The van der Waals surface area contributed by atoms with Gasteiger partial charge >= 0.3 is 0 Å². The Hall–Kier alpha value is -0.0500. The highest BCUT2D eigenvalue weighted by molar-refractivity contribution is 9.08. The van der Waals surface area contributed by atoms with Gasteiger partial charge in [-0.2, -0.15) is 0 Å². The zero-order chi connectivity index (χ0) is 10.1. The summed E-state index contributed by atoms with van der Waals surface area (Å²) in [5.74, 6) is 0. The third-order valence-corrected chi connectivity index (χ3v) is 4.41. The second-order valence-electron chi connectivity index (χ2n) is 3.15. The number of thiophene rings is 1. The summed E-state index contributed by atoms with van der Waals surface area (Å²) in [6.07, 6.45) is 0.997. The number of alkyl halides is 1. The van der Waals surface area contributed by atoms with Crippen molar-refractivity contribution in [2.45, 2.75) is 18.7 Å². The van der Waals surface area contributed by atoms with Crippen molar-refractivity contribution in [1.29, 1.82) is 0 Å². The second kappa shape index (κ2) is 4.21. The summed E-state index contributed by atoms with van der Waals surface area (Å²) in [6.45, 7) is 2.15. The van der Waals surface area contributed by atoms with Gasteiger partial charge in [0.1, 0.15) is 0 Å². The molecule has 0 radical (unpaired) electrons. The van der Waals surface area contributed by atoms with Gasteiger partial charge in [0.25, 0.3) is 0 Å². The van der Waals surface area contributed by atoms with Crippen LogP contribution in [0.2, 0.25) is 5.02 Å². The quantitative estimate of drug-likeness (QED) is 0.682. The molecule has 14 heavy (non-hydrogen) atoms. The van der Waals surface area contributed by atoms with Crippen LogP contribution < -0.4 is 0 Å². The molecule has 0 nitrogen and oxygen atoms in total. The van der Waals surface area contributed by atoms with Crippen molar-refractivity contribution >= 4 is 49.0 Å². The standard InChI is InChI=1S/C11H10BrClS/c1-2-9-10(13)8(6-12)5-7-3-4-14-11(7)9/h3-5H,2,6H2,1H3. The molecule has 0 aliphatic heterocycles. The van der Waals surface area contributed by atoms with Crippen molar-refractivity contribution < 1.29 is 0 Å². The van der Waals surface area contributed by atoms with Gasteiger partial charge in [0.2, 0.25) is 0 Å². The number of aryl methyl sites for hydroxylation is 1. The number of rotatable bonds is 2. The summed E-state index contributed by atoms with van der Waals surface area (Å²) in [5, 5.41) is 5.19. The Morgan fingerprint density at radius 3 is 2.93 bits per heavy atom. The van der Waals surface area contributed by atoms with E-state index in [1.807, 2.05) is 0 Å². The average Bonchev–Trinajstić information content (AvgIpc) is 2.64. The first-order valence-electron chi connectivity index (χ1n) is 4.51. The minimum Gasteiger partial charge on any atom is -0.143 e. The Bertz CT molecular complexity index is 462. The summed E-state index contributed by atoms with van der Waals surface area (Å²) < 4.78 is 1.34. The van der Waals surface area contributed by atoms with Gasteiger partial charge in [0.15, 0.2) is 0 Å². The van der Waals surface area contributed by atoms with E-state index in [1.165, 1.54) is 21.2 Å². The minimum atomic E-state index is 0.824. The fourth-order valence-electron chi connectivity index (χ4n) is 1.64. The molecule has 0 atom stereocenters. The van der Waals surface area contributed by atoms with Crippen LogP contribution in [0.15, 0.2) is 17.5 Å². The Balaban J connectivity index is 2.80. The van der Waals surface area contributed by atoms with Crippen molar-refractivity contribution in [2.75, 3.05) is 0 Å². The number of hydrogen-bond donors (Lipinski definition) is 0. The zero-order valence-corrected chi connectivity index (χ0v) is 11.0.